The van der Waals surface area contributed by atoms with Crippen LogP contribution in [0.5, 0.6) is 0 Å². The molecule has 1 saturated heterocycles. The van der Waals surface area contributed by atoms with Crippen molar-refractivity contribution in [1.29, 1.82) is 0 Å². The number of anilines is 2. The van der Waals surface area contributed by atoms with Gasteiger partial charge in [0.1, 0.15) is 0 Å². The normalized spacial score (nSPS) is 18.4. The van der Waals surface area contributed by atoms with Crippen molar-refractivity contribution in [3.63, 3.8) is 0 Å². The van der Waals surface area contributed by atoms with Crippen molar-refractivity contribution in [2.75, 3.05) is 30.7 Å². The van der Waals surface area contributed by atoms with Crippen LogP contribution in [0.1, 0.15) is 25.3 Å². The summed E-state index contributed by atoms with van der Waals surface area (Å²) in [5, 5.41) is 12.1. The van der Waals surface area contributed by atoms with Crippen molar-refractivity contribution in [1.82, 2.24) is 4.90 Å². The number of aliphatic hydroxyl groups excluding tert-OH is 1. The van der Waals surface area contributed by atoms with Gasteiger partial charge in [-0.2, -0.15) is 0 Å². The number of nitrogens with one attached hydrogen (secondary N) is 1. The largest absolute Gasteiger partial charge is 0.399 e. The van der Waals surface area contributed by atoms with Crippen molar-refractivity contribution >= 4 is 17.3 Å². The Hall–Kier alpha value is -1.59. The number of likely N-dealkylation sites (tertiary alicyclic amines) is 1. The first-order valence-electron chi connectivity index (χ1n) is 7.53. The van der Waals surface area contributed by atoms with Gasteiger partial charge >= 0.3 is 0 Å². The molecule has 5 heteroatoms. The first-order valence-corrected chi connectivity index (χ1v) is 7.53. The summed E-state index contributed by atoms with van der Waals surface area (Å²) in [6.07, 6.45) is 1.91. The highest BCUT2D eigenvalue weighted by Crippen LogP contribution is 2.21. The van der Waals surface area contributed by atoms with Crippen LogP contribution < -0.4 is 11.1 Å². The fraction of sp³-hybridized carbons (Fsp3) is 0.562. The summed E-state index contributed by atoms with van der Waals surface area (Å²) in [7, 11) is 0. The highest BCUT2D eigenvalue weighted by atomic mass is 16.3. The minimum Gasteiger partial charge on any atom is -0.399 e. The average molecular weight is 291 g/mol. The Labute approximate surface area is 126 Å². The summed E-state index contributed by atoms with van der Waals surface area (Å²) in [6.45, 7) is 5.84. The molecule has 116 valence electrons. The standard InChI is InChI=1S/C16H25N3O2/c1-11-9-14(17)3-4-15(11)18-16(21)12(2)19-7-5-13(10-20)6-8-19/h3-4,9,12-13,20H,5-8,10,17H2,1-2H3,(H,18,21). The summed E-state index contributed by atoms with van der Waals surface area (Å²) in [5.74, 6) is 0.390. The van der Waals surface area contributed by atoms with E-state index in [4.69, 9.17) is 10.8 Å². The number of carbonyl (C=O) groups excluding carboxylic acids is 1. The summed E-state index contributed by atoms with van der Waals surface area (Å²) < 4.78 is 0. The monoisotopic (exact) mass is 291 g/mol. The zero-order valence-corrected chi connectivity index (χ0v) is 12.8. The molecule has 0 bridgehead atoms. The lowest BCUT2D eigenvalue weighted by molar-refractivity contribution is -0.121. The van der Waals surface area contributed by atoms with Gasteiger partial charge in [0.25, 0.3) is 0 Å². The number of hydrogen-bond acceptors (Lipinski definition) is 4. The first kappa shape index (κ1) is 15.8. The number of benzene rings is 1. The first-order chi connectivity index (χ1) is 10.0. The minimum atomic E-state index is -0.165. The van der Waals surface area contributed by atoms with E-state index in [1.54, 1.807) is 6.07 Å². The van der Waals surface area contributed by atoms with E-state index in [0.717, 1.165) is 37.2 Å². The maximum absolute atomic E-state index is 12.4. The molecular weight excluding hydrogens is 266 g/mol. The predicted octanol–water partition coefficient (Wildman–Crippen LogP) is 1.61. The Kier molecular flexibility index (Phi) is 5.20. The van der Waals surface area contributed by atoms with Gasteiger partial charge in [-0.1, -0.05) is 0 Å². The second-order valence-corrected chi connectivity index (χ2v) is 5.90. The van der Waals surface area contributed by atoms with Crippen molar-refractivity contribution in [2.24, 2.45) is 5.92 Å². The second-order valence-electron chi connectivity index (χ2n) is 5.90. The minimum absolute atomic E-state index is 0.00493. The Morgan fingerprint density at radius 1 is 1.48 bits per heavy atom. The molecule has 1 fully saturated rings. The number of piperidine rings is 1. The fourth-order valence-corrected chi connectivity index (χ4v) is 2.75. The summed E-state index contributed by atoms with van der Waals surface area (Å²) in [4.78, 5) is 14.5. The molecule has 1 atom stereocenters. The molecule has 0 saturated carbocycles. The number of nitrogen functional groups attached to an aromatic ring is 1. The second kappa shape index (κ2) is 6.91. The summed E-state index contributed by atoms with van der Waals surface area (Å²) in [5.41, 5.74) is 8.20. The number of rotatable bonds is 4. The number of amides is 1. The van der Waals surface area contributed by atoms with E-state index in [0.29, 0.717) is 11.6 Å². The van der Waals surface area contributed by atoms with Gasteiger partial charge in [-0.3, -0.25) is 9.69 Å². The molecule has 2 rings (SSSR count). The third-order valence-electron chi connectivity index (χ3n) is 4.34. The molecule has 1 aromatic rings. The van der Waals surface area contributed by atoms with Gasteiger partial charge in [-0.15, -0.1) is 0 Å². The fourth-order valence-electron chi connectivity index (χ4n) is 2.75. The zero-order chi connectivity index (χ0) is 15.4. The van der Waals surface area contributed by atoms with Crippen LogP contribution in [-0.2, 0) is 4.79 Å². The third kappa shape index (κ3) is 3.95. The van der Waals surface area contributed by atoms with Crippen molar-refractivity contribution in [3.8, 4) is 0 Å². The lowest BCUT2D eigenvalue weighted by atomic mass is 9.97. The van der Waals surface area contributed by atoms with Crippen LogP contribution in [0.15, 0.2) is 18.2 Å². The maximum Gasteiger partial charge on any atom is 0.241 e. The van der Waals surface area contributed by atoms with Crippen molar-refractivity contribution < 1.29 is 9.90 Å². The lowest BCUT2D eigenvalue weighted by Crippen LogP contribution is -2.46. The van der Waals surface area contributed by atoms with E-state index in [1.807, 2.05) is 26.0 Å². The molecule has 0 aromatic heterocycles. The Morgan fingerprint density at radius 2 is 2.14 bits per heavy atom. The van der Waals surface area contributed by atoms with Gasteiger partial charge in [-0.05, 0) is 69.5 Å². The quantitative estimate of drug-likeness (QED) is 0.736. The van der Waals surface area contributed by atoms with E-state index in [1.165, 1.54) is 0 Å². The zero-order valence-electron chi connectivity index (χ0n) is 12.8. The smallest absolute Gasteiger partial charge is 0.241 e. The summed E-state index contributed by atoms with van der Waals surface area (Å²) >= 11 is 0. The molecule has 1 amide bonds. The van der Waals surface area contributed by atoms with Gasteiger partial charge < -0.3 is 16.2 Å². The van der Waals surface area contributed by atoms with Crippen LogP contribution in [0.4, 0.5) is 11.4 Å². The van der Waals surface area contributed by atoms with E-state index in [9.17, 15) is 4.79 Å². The molecule has 5 nitrogen and oxygen atoms in total. The van der Waals surface area contributed by atoms with Crippen LogP contribution in [0.2, 0.25) is 0 Å². The molecule has 1 aliphatic rings. The Morgan fingerprint density at radius 3 is 2.71 bits per heavy atom. The van der Waals surface area contributed by atoms with E-state index < -0.39 is 0 Å². The number of carbonyl (C=O) groups is 1. The molecule has 1 aromatic carbocycles. The molecule has 0 radical (unpaired) electrons. The van der Waals surface area contributed by atoms with Gasteiger partial charge in [0.2, 0.25) is 5.91 Å². The van der Waals surface area contributed by atoms with Crippen LogP contribution in [-0.4, -0.2) is 41.7 Å². The van der Waals surface area contributed by atoms with Crippen LogP contribution >= 0.6 is 0 Å². The summed E-state index contributed by atoms with van der Waals surface area (Å²) in [6, 6.07) is 5.32. The average Bonchev–Trinajstić information content (AvgIpc) is 2.49. The molecule has 0 aliphatic carbocycles. The highest BCUT2D eigenvalue weighted by Gasteiger charge is 2.26. The molecule has 21 heavy (non-hydrogen) atoms. The molecule has 1 heterocycles. The lowest BCUT2D eigenvalue weighted by Gasteiger charge is -2.34. The number of aryl methyl sites for hydroxylation is 1. The maximum atomic E-state index is 12.4. The van der Waals surface area contributed by atoms with Gasteiger partial charge in [0.05, 0.1) is 6.04 Å². The van der Waals surface area contributed by atoms with E-state index in [2.05, 4.69) is 10.2 Å². The third-order valence-corrected chi connectivity index (χ3v) is 4.34. The number of aliphatic hydroxyl groups is 1. The predicted molar refractivity (Wildman–Crippen MR) is 85.1 cm³/mol. The molecule has 4 N–H and O–H groups in total. The van der Waals surface area contributed by atoms with E-state index >= 15 is 0 Å². The van der Waals surface area contributed by atoms with Crippen molar-refractivity contribution in [2.45, 2.75) is 32.7 Å². The topological polar surface area (TPSA) is 78.6 Å². The van der Waals surface area contributed by atoms with Crippen LogP contribution in [0, 0.1) is 12.8 Å². The number of nitrogens with two attached hydrogens (primary N) is 1. The van der Waals surface area contributed by atoms with Crippen LogP contribution in [0.3, 0.4) is 0 Å². The molecule has 1 aliphatic heterocycles. The molecule has 1 unspecified atom stereocenters. The van der Waals surface area contributed by atoms with Gasteiger partial charge in [0.15, 0.2) is 0 Å². The van der Waals surface area contributed by atoms with E-state index in [-0.39, 0.29) is 18.6 Å². The SMILES string of the molecule is Cc1cc(N)ccc1NC(=O)C(C)N1CCC(CO)CC1. The van der Waals surface area contributed by atoms with Gasteiger partial charge in [-0.25, -0.2) is 0 Å². The number of hydrogen-bond donors (Lipinski definition) is 3. The van der Waals surface area contributed by atoms with Crippen LogP contribution in [0.25, 0.3) is 0 Å². The van der Waals surface area contributed by atoms with Gasteiger partial charge in [0, 0.05) is 18.0 Å². The molecule has 0 spiro atoms. The molecular formula is C16H25N3O2. The highest BCUT2D eigenvalue weighted by molar-refractivity contribution is 5.95. The van der Waals surface area contributed by atoms with Crippen molar-refractivity contribution in [3.05, 3.63) is 23.8 Å². The Balaban J connectivity index is 1.93. The Bertz CT molecular complexity index is 496. The number of nitrogens with zero attached hydrogens (tertiary/aromatic N) is 1.